The van der Waals surface area contributed by atoms with Crippen molar-refractivity contribution in [1.82, 2.24) is 19.4 Å². The number of fused-ring (bicyclic) bond motifs is 12. The Bertz CT molecular complexity index is 3120. The summed E-state index contributed by atoms with van der Waals surface area (Å²) < 4.78 is 2.19. The molecule has 2 aliphatic rings. The number of hydrogen-bond acceptors (Lipinski definition) is 4. The third-order valence-corrected chi connectivity index (χ3v) is 11.9. The zero-order chi connectivity index (χ0) is 37.5. The largest absolute Gasteiger partial charge is 0.310 e. The van der Waals surface area contributed by atoms with Gasteiger partial charge in [-0.25, -0.2) is 9.97 Å². The summed E-state index contributed by atoms with van der Waals surface area (Å²) in [6.45, 7) is 0. The van der Waals surface area contributed by atoms with Gasteiger partial charge in [0.2, 0.25) is 0 Å². The Morgan fingerprint density at radius 2 is 1.05 bits per heavy atom. The van der Waals surface area contributed by atoms with E-state index < -0.39 is 5.41 Å². The Balaban J connectivity index is 1.03. The normalized spacial score (nSPS) is 13.4. The molecule has 57 heavy (non-hydrogen) atoms. The number of hydrogen-bond donors (Lipinski definition) is 0. The second kappa shape index (κ2) is 12.2. The highest BCUT2D eigenvalue weighted by atomic mass is 15.2. The standard InChI is InChI=1S/C52H33N5/c1-3-19-42-40(17-1)41-18-2-4-20-43(41)52(42)44-21-5-7-23-46(44)56(47-24-8-6-22-45(47)52)39-16-10-13-37(33-39)36-12-9-14-38(32-36)51-55-49(34-27-30-53-31-28-34)48-26-25-35-15-11-29-54-50(35)57(48)51/h1-33H. The third-order valence-electron chi connectivity index (χ3n) is 11.9. The van der Waals surface area contributed by atoms with E-state index in [0.717, 1.165) is 56.0 Å². The van der Waals surface area contributed by atoms with E-state index in [0.29, 0.717) is 0 Å². The van der Waals surface area contributed by atoms with Crippen LogP contribution in [0.5, 0.6) is 0 Å². The Hall–Kier alpha value is -7.63. The van der Waals surface area contributed by atoms with Crippen molar-refractivity contribution in [1.29, 1.82) is 0 Å². The molecule has 4 aromatic heterocycles. The van der Waals surface area contributed by atoms with E-state index in [9.17, 15) is 0 Å². The highest BCUT2D eigenvalue weighted by Gasteiger charge is 2.51. The lowest BCUT2D eigenvalue weighted by atomic mass is 9.64. The molecule has 12 rings (SSSR count). The molecule has 1 aliphatic heterocycles. The molecule has 266 valence electrons. The van der Waals surface area contributed by atoms with Crippen molar-refractivity contribution in [3.05, 3.63) is 223 Å². The molecule has 0 fully saturated rings. The fourth-order valence-electron chi connectivity index (χ4n) is 9.61. The number of aromatic nitrogens is 4. The number of para-hydroxylation sites is 2. The van der Waals surface area contributed by atoms with Gasteiger partial charge in [-0.15, -0.1) is 0 Å². The first-order valence-electron chi connectivity index (χ1n) is 19.3. The summed E-state index contributed by atoms with van der Waals surface area (Å²) in [5.74, 6) is 0.848. The van der Waals surface area contributed by atoms with Gasteiger partial charge in [0.05, 0.1) is 28.0 Å². The Kier molecular flexibility index (Phi) is 6.78. The first kappa shape index (κ1) is 31.7. The second-order valence-electron chi connectivity index (χ2n) is 14.8. The first-order chi connectivity index (χ1) is 28.3. The van der Waals surface area contributed by atoms with Gasteiger partial charge in [-0.1, -0.05) is 115 Å². The molecule has 5 heteroatoms. The monoisotopic (exact) mass is 727 g/mol. The van der Waals surface area contributed by atoms with Crippen LogP contribution < -0.4 is 4.90 Å². The zero-order valence-electron chi connectivity index (χ0n) is 30.8. The van der Waals surface area contributed by atoms with Crippen molar-refractivity contribution in [3.8, 4) is 44.9 Å². The molecule has 0 saturated carbocycles. The fourth-order valence-corrected chi connectivity index (χ4v) is 9.61. The van der Waals surface area contributed by atoms with Crippen molar-refractivity contribution in [2.45, 2.75) is 5.41 Å². The molecule has 10 aromatic rings. The van der Waals surface area contributed by atoms with Gasteiger partial charge in [0.15, 0.2) is 0 Å². The molecular weight excluding hydrogens is 695 g/mol. The molecule has 0 unspecified atom stereocenters. The van der Waals surface area contributed by atoms with Crippen LogP contribution in [0.15, 0.2) is 201 Å². The number of nitrogens with zero attached hydrogens (tertiary/aromatic N) is 5. The lowest BCUT2D eigenvalue weighted by Crippen LogP contribution is -2.36. The number of rotatable bonds is 4. The summed E-state index contributed by atoms with van der Waals surface area (Å²) >= 11 is 0. The van der Waals surface area contributed by atoms with Crippen molar-refractivity contribution in [2.75, 3.05) is 4.90 Å². The Morgan fingerprint density at radius 3 is 1.77 bits per heavy atom. The van der Waals surface area contributed by atoms with Gasteiger partial charge in [0.25, 0.3) is 0 Å². The minimum absolute atomic E-state index is 0.441. The molecule has 1 spiro atoms. The SMILES string of the molecule is c1cc(-c2cccc(N3c4ccccc4C4(c5ccccc5-c5ccccc54)c4ccccc43)c2)cc(-c2nc(-c3ccncc3)c3ccc4cccnc4n23)c1. The highest BCUT2D eigenvalue weighted by molar-refractivity contribution is 5.96. The molecule has 0 amide bonds. The number of pyridine rings is 3. The molecule has 5 heterocycles. The summed E-state index contributed by atoms with van der Waals surface area (Å²) in [4.78, 5) is 16.9. The van der Waals surface area contributed by atoms with E-state index in [1.54, 1.807) is 0 Å². The molecule has 0 radical (unpaired) electrons. The van der Waals surface area contributed by atoms with Crippen LogP contribution in [0.1, 0.15) is 22.3 Å². The lowest BCUT2D eigenvalue weighted by Gasteiger charge is -2.45. The average Bonchev–Trinajstić information content (AvgIpc) is 3.82. The molecule has 0 atom stereocenters. The maximum Gasteiger partial charge on any atom is 0.146 e. The van der Waals surface area contributed by atoms with Gasteiger partial charge in [-0.3, -0.25) is 9.38 Å². The molecule has 0 bridgehead atoms. The molecule has 0 saturated heterocycles. The van der Waals surface area contributed by atoms with Crippen LogP contribution in [0, 0.1) is 0 Å². The summed E-state index contributed by atoms with van der Waals surface area (Å²) in [6.07, 6.45) is 5.48. The van der Waals surface area contributed by atoms with E-state index in [-0.39, 0.29) is 0 Å². The van der Waals surface area contributed by atoms with E-state index in [1.165, 1.54) is 44.8 Å². The van der Waals surface area contributed by atoms with E-state index in [4.69, 9.17) is 9.97 Å². The van der Waals surface area contributed by atoms with Gasteiger partial charge in [0, 0.05) is 40.8 Å². The number of anilines is 3. The lowest BCUT2D eigenvalue weighted by molar-refractivity contribution is 0.752. The molecule has 6 aromatic carbocycles. The third kappa shape index (κ3) is 4.48. The van der Waals surface area contributed by atoms with Crippen LogP contribution in [0.3, 0.4) is 0 Å². The first-order valence-corrected chi connectivity index (χ1v) is 19.3. The van der Waals surface area contributed by atoms with Crippen molar-refractivity contribution in [3.63, 3.8) is 0 Å². The van der Waals surface area contributed by atoms with Crippen molar-refractivity contribution >= 4 is 33.6 Å². The van der Waals surface area contributed by atoms with Crippen LogP contribution in [-0.4, -0.2) is 19.4 Å². The zero-order valence-corrected chi connectivity index (χ0v) is 30.8. The van der Waals surface area contributed by atoms with Gasteiger partial charge in [0.1, 0.15) is 11.5 Å². The van der Waals surface area contributed by atoms with Gasteiger partial charge in [-0.2, -0.15) is 0 Å². The Morgan fingerprint density at radius 1 is 0.439 bits per heavy atom. The van der Waals surface area contributed by atoms with Gasteiger partial charge in [-0.05, 0) is 111 Å². The quantitative estimate of drug-likeness (QED) is 0.181. The highest BCUT2D eigenvalue weighted by Crippen LogP contribution is 2.63. The number of imidazole rings is 1. The smallest absolute Gasteiger partial charge is 0.146 e. The minimum atomic E-state index is -0.441. The summed E-state index contributed by atoms with van der Waals surface area (Å²) in [5, 5.41) is 1.06. The minimum Gasteiger partial charge on any atom is -0.310 e. The molecular formula is C52H33N5. The topological polar surface area (TPSA) is 46.3 Å². The summed E-state index contributed by atoms with van der Waals surface area (Å²) in [5.41, 5.74) is 17.9. The van der Waals surface area contributed by atoms with E-state index >= 15 is 0 Å². The van der Waals surface area contributed by atoms with Gasteiger partial charge < -0.3 is 4.90 Å². The summed E-state index contributed by atoms with van der Waals surface area (Å²) in [6, 6.07) is 65.9. The maximum absolute atomic E-state index is 5.31. The van der Waals surface area contributed by atoms with Crippen LogP contribution in [0.4, 0.5) is 17.1 Å². The van der Waals surface area contributed by atoms with Crippen LogP contribution in [0.2, 0.25) is 0 Å². The molecule has 0 N–H and O–H groups in total. The maximum atomic E-state index is 5.31. The van der Waals surface area contributed by atoms with E-state index in [2.05, 4.69) is 178 Å². The van der Waals surface area contributed by atoms with Crippen LogP contribution >= 0.6 is 0 Å². The second-order valence-corrected chi connectivity index (χ2v) is 14.8. The predicted molar refractivity (Wildman–Crippen MR) is 230 cm³/mol. The Labute approximate surface area is 329 Å². The van der Waals surface area contributed by atoms with E-state index in [1.807, 2.05) is 36.8 Å². The number of benzene rings is 6. The fraction of sp³-hybridized carbons (Fsp3) is 0.0192. The molecule has 1 aliphatic carbocycles. The predicted octanol–water partition coefficient (Wildman–Crippen LogP) is 12.4. The molecule has 5 nitrogen and oxygen atoms in total. The summed E-state index contributed by atoms with van der Waals surface area (Å²) in [7, 11) is 0. The van der Waals surface area contributed by atoms with Crippen molar-refractivity contribution < 1.29 is 0 Å². The van der Waals surface area contributed by atoms with Gasteiger partial charge >= 0.3 is 0 Å². The van der Waals surface area contributed by atoms with Crippen LogP contribution in [0.25, 0.3) is 61.4 Å². The average molecular weight is 728 g/mol. The van der Waals surface area contributed by atoms with Crippen molar-refractivity contribution in [2.24, 2.45) is 0 Å². The van der Waals surface area contributed by atoms with Crippen LogP contribution in [-0.2, 0) is 5.41 Å².